The molecule has 3 rings (SSSR count). The van der Waals surface area contributed by atoms with Gasteiger partial charge in [0, 0.05) is 6.42 Å². The quantitative estimate of drug-likeness (QED) is 0.784. The molecule has 1 aliphatic rings. The van der Waals surface area contributed by atoms with Gasteiger partial charge in [-0.3, -0.25) is 4.79 Å². The Balaban J connectivity index is 1.61. The number of carbonyl (C=O) groups excluding carboxylic acids is 1. The lowest BCUT2D eigenvalue weighted by Crippen LogP contribution is -2.03. The van der Waals surface area contributed by atoms with E-state index in [-0.39, 0.29) is 6.79 Å². The number of ether oxygens (including phenoxy) is 3. The van der Waals surface area contributed by atoms with Crippen LogP contribution in [-0.2, 0) is 6.42 Å². The third-order valence-electron chi connectivity index (χ3n) is 3.13. The van der Waals surface area contributed by atoms with Gasteiger partial charge in [-0.05, 0) is 29.8 Å². The summed E-state index contributed by atoms with van der Waals surface area (Å²) in [6, 6.07) is 13.0. The fraction of sp³-hybridized carbons (Fsp3) is 0.188. The summed E-state index contributed by atoms with van der Waals surface area (Å²) in [4.78, 5) is 10.9. The Morgan fingerprint density at radius 3 is 2.85 bits per heavy atom. The Kier molecular flexibility index (Phi) is 3.54. The van der Waals surface area contributed by atoms with E-state index in [4.69, 9.17) is 14.2 Å². The predicted octanol–water partition coefficient (Wildman–Crippen LogP) is 2.85. The van der Waals surface area contributed by atoms with Crippen LogP contribution in [0.1, 0.15) is 15.9 Å². The number of hydrogen-bond acceptors (Lipinski definition) is 4. The molecule has 4 nitrogen and oxygen atoms in total. The zero-order valence-corrected chi connectivity index (χ0v) is 10.9. The van der Waals surface area contributed by atoms with E-state index in [1.165, 1.54) is 0 Å². The minimum atomic E-state index is 0.280. The molecule has 102 valence electrons. The van der Waals surface area contributed by atoms with Crippen LogP contribution < -0.4 is 14.2 Å². The normalized spacial score (nSPS) is 12.2. The minimum absolute atomic E-state index is 0.280. The van der Waals surface area contributed by atoms with Crippen molar-refractivity contribution in [2.45, 2.75) is 6.42 Å². The first-order valence-electron chi connectivity index (χ1n) is 6.42. The van der Waals surface area contributed by atoms with Crippen molar-refractivity contribution in [2.75, 3.05) is 13.4 Å². The maximum absolute atomic E-state index is 10.9. The molecule has 0 unspecified atom stereocenters. The van der Waals surface area contributed by atoms with Crippen molar-refractivity contribution >= 4 is 6.29 Å². The van der Waals surface area contributed by atoms with E-state index >= 15 is 0 Å². The highest BCUT2D eigenvalue weighted by Gasteiger charge is 2.13. The van der Waals surface area contributed by atoms with Gasteiger partial charge in [0.05, 0.1) is 12.2 Å². The lowest BCUT2D eigenvalue weighted by molar-refractivity contribution is 0.111. The zero-order valence-electron chi connectivity index (χ0n) is 10.9. The van der Waals surface area contributed by atoms with Gasteiger partial charge in [0.25, 0.3) is 0 Å². The smallest absolute Gasteiger partial charge is 0.231 e. The van der Waals surface area contributed by atoms with Crippen LogP contribution in [0.3, 0.4) is 0 Å². The predicted molar refractivity (Wildman–Crippen MR) is 73.6 cm³/mol. The van der Waals surface area contributed by atoms with Gasteiger partial charge in [-0.2, -0.15) is 0 Å². The van der Waals surface area contributed by atoms with E-state index in [9.17, 15) is 4.79 Å². The molecule has 0 bridgehead atoms. The largest absolute Gasteiger partial charge is 0.492 e. The maximum atomic E-state index is 10.9. The first-order valence-corrected chi connectivity index (χ1v) is 6.42. The second kappa shape index (κ2) is 5.65. The number of aldehydes is 1. The molecule has 2 aromatic rings. The van der Waals surface area contributed by atoms with Crippen LogP contribution in [-0.4, -0.2) is 19.7 Å². The van der Waals surface area contributed by atoms with Crippen LogP contribution >= 0.6 is 0 Å². The summed E-state index contributed by atoms with van der Waals surface area (Å²) in [6.07, 6.45) is 1.54. The molecule has 0 atom stereocenters. The molecule has 0 radical (unpaired) electrons. The molecule has 0 aliphatic carbocycles. The molecule has 0 saturated heterocycles. The second-order valence-corrected chi connectivity index (χ2v) is 4.44. The summed E-state index contributed by atoms with van der Waals surface area (Å²) in [5, 5.41) is 0. The Morgan fingerprint density at radius 2 is 1.95 bits per heavy atom. The van der Waals surface area contributed by atoms with Gasteiger partial charge in [-0.25, -0.2) is 0 Å². The van der Waals surface area contributed by atoms with E-state index in [2.05, 4.69) is 0 Å². The molecule has 2 aromatic carbocycles. The molecule has 1 heterocycles. The summed E-state index contributed by atoms with van der Waals surface area (Å²) in [5.74, 6) is 2.17. The Bertz CT molecular complexity index is 622. The number of fused-ring (bicyclic) bond motifs is 1. The Hall–Kier alpha value is -2.49. The lowest BCUT2D eigenvalue weighted by atomic mass is 10.1. The highest BCUT2D eigenvalue weighted by Crippen LogP contribution is 2.32. The molecular weight excluding hydrogens is 256 g/mol. The van der Waals surface area contributed by atoms with Gasteiger partial charge in [0.1, 0.15) is 5.75 Å². The monoisotopic (exact) mass is 270 g/mol. The van der Waals surface area contributed by atoms with Crippen LogP contribution in [0, 0.1) is 0 Å². The van der Waals surface area contributed by atoms with E-state index in [0.717, 1.165) is 29.8 Å². The molecule has 0 amide bonds. The first kappa shape index (κ1) is 12.5. The molecule has 0 spiro atoms. The highest BCUT2D eigenvalue weighted by molar-refractivity contribution is 5.79. The zero-order chi connectivity index (χ0) is 13.8. The van der Waals surface area contributed by atoms with E-state index < -0.39 is 0 Å². The Labute approximate surface area is 116 Å². The van der Waals surface area contributed by atoms with Crippen LogP contribution in [0.25, 0.3) is 0 Å². The number of rotatable bonds is 5. The molecule has 0 aromatic heterocycles. The van der Waals surface area contributed by atoms with Crippen molar-refractivity contribution in [3.63, 3.8) is 0 Å². The van der Waals surface area contributed by atoms with Gasteiger partial charge in [-0.1, -0.05) is 18.2 Å². The van der Waals surface area contributed by atoms with Crippen molar-refractivity contribution in [2.24, 2.45) is 0 Å². The molecular formula is C16H14O4. The molecule has 1 aliphatic heterocycles. The Morgan fingerprint density at radius 1 is 1.10 bits per heavy atom. The second-order valence-electron chi connectivity index (χ2n) is 4.44. The van der Waals surface area contributed by atoms with E-state index in [1.54, 1.807) is 12.1 Å². The van der Waals surface area contributed by atoms with E-state index in [0.29, 0.717) is 17.9 Å². The topological polar surface area (TPSA) is 44.8 Å². The fourth-order valence-electron chi connectivity index (χ4n) is 2.08. The van der Waals surface area contributed by atoms with Crippen molar-refractivity contribution in [3.05, 3.63) is 53.6 Å². The average molecular weight is 270 g/mol. The summed E-state index contributed by atoms with van der Waals surface area (Å²) in [5.41, 5.74) is 1.68. The highest BCUT2D eigenvalue weighted by atomic mass is 16.7. The summed E-state index contributed by atoms with van der Waals surface area (Å²) in [6.45, 7) is 0.784. The van der Waals surface area contributed by atoms with Crippen molar-refractivity contribution in [1.82, 2.24) is 0 Å². The van der Waals surface area contributed by atoms with Gasteiger partial charge < -0.3 is 14.2 Å². The van der Waals surface area contributed by atoms with Gasteiger partial charge >= 0.3 is 0 Å². The van der Waals surface area contributed by atoms with Crippen LogP contribution in [0.15, 0.2) is 42.5 Å². The number of benzene rings is 2. The van der Waals surface area contributed by atoms with Crippen LogP contribution in [0.5, 0.6) is 17.2 Å². The molecule has 20 heavy (non-hydrogen) atoms. The molecule has 0 saturated carbocycles. The standard InChI is InChI=1S/C16H14O4/c17-10-13-3-1-2-4-14(13)18-8-7-12-5-6-15-16(9-12)20-11-19-15/h1-6,9-10H,7-8,11H2. The minimum Gasteiger partial charge on any atom is -0.492 e. The summed E-state index contributed by atoms with van der Waals surface area (Å²) in [7, 11) is 0. The van der Waals surface area contributed by atoms with Gasteiger partial charge in [0.2, 0.25) is 6.79 Å². The molecule has 0 N–H and O–H groups in total. The fourth-order valence-corrected chi connectivity index (χ4v) is 2.08. The third-order valence-corrected chi connectivity index (χ3v) is 3.13. The van der Waals surface area contributed by atoms with Crippen molar-refractivity contribution < 1.29 is 19.0 Å². The average Bonchev–Trinajstić information content (AvgIpc) is 2.95. The number of hydrogen-bond donors (Lipinski definition) is 0. The summed E-state index contributed by atoms with van der Waals surface area (Å²) >= 11 is 0. The lowest BCUT2D eigenvalue weighted by Gasteiger charge is -2.08. The third kappa shape index (κ3) is 2.59. The van der Waals surface area contributed by atoms with Crippen molar-refractivity contribution in [1.29, 1.82) is 0 Å². The summed E-state index contributed by atoms with van der Waals surface area (Å²) < 4.78 is 16.2. The SMILES string of the molecule is O=Cc1ccccc1OCCc1ccc2c(c1)OCO2. The van der Waals surface area contributed by atoms with Crippen LogP contribution in [0.2, 0.25) is 0 Å². The molecule has 0 fully saturated rings. The van der Waals surface area contributed by atoms with Gasteiger partial charge in [-0.15, -0.1) is 0 Å². The van der Waals surface area contributed by atoms with Crippen LogP contribution in [0.4, 0.5) is 0 Å². The van der Waals surface area contributed by atoms with Gasteiger partial charge in [0.15, 0.2) is 17.8 Å². The van der Waals surface area contributed by atoms with Crippen molar-refractivity contribution in [3.8, 4) is 17.2 Å². The number of carbonyl (C=O) groups is 1. The maximum Gasteiger partial charge on any atom is 0.231 e. The van der Waals surface area contributed by atoms with E-state index in [1.807, 2.05) is 30.3 Å². The first-order chi connectivity index (χ1) is 9.86. The molecule has 4 heteroatoms. The number of para-hydroxylation sites is 1.